The molecule has 0 atom stereocenters. The van der Waals surface area contributed by atoms with Gasteiger partial charge in [0.05, 0.1) is 0 Å². The van der Waals surface area contributed by atoms with E-state index in [9.17, 15) is 13.2 Å². The number of benzene rings is 1. The Morgan fingerprint density at radius 3 is 2.50 bits per heavy atom. The first-order valence-corrected chi connectivity index (χ1v) is 10.6. The fourth-order valence-corrected chi connectivity index (χ4v) is 3.98. The van der Waals surface area contributed by atoms with Crippen LogP contribution in [0.3, 0.4) is 0 Å². The summed E-state index contributed by atoms with van der Waals surface area (Å²) in [6.07, 6.45) is 3.51. The van der Waals surface area contributed by atoms with Gasteiger partial charge in [-0.3, -0.25) is 4.79 Å². The molecule has 0 aliphatic carbocycles. The van der Waals surface area contributed by atoms with E-state index >= 15 is 0 Å². The number of nitrogens with zero attached hydrogens (tertiary/aromatic N) is 3. The molecular weight excluding hydrogens is 374 g/mol. The van der Waals surface area contributed by atoms with Gasteiger partial charge < -0.3 is 9.80 Å². The Morgan fingerprint density at radius 2 is 1.81 bits per heavy atom. The van der Waals surface area contributed by atoms with Gasteiger partial charge in [0.2, 0.25) is 0 Å². The standard InChI is InChI=1S/C18H20ClN3O3S/c1-26(24,25)16-4-2-9-20-17(16)21-10-3-11-22(13-12-21)18(23)14-5-7-15(19)8-6-14/h2,4-9H,3,10-13H2,1H3. The zero-order valence-corrected chi connectivity index (χ0v) is 16.0. The maximum atomic E-state index is 12.7. The predicted molar refractivity (Wildman–Crippen MR) is 102 cm³/mol. The first kappa shape index (κ1) is 18.7. The van der Waals surface area contributed by atoms with Crippen molar-refractivity contribution in [3.63, 3.8) is 0 Å². The third kappa shape index (κ3) is 4.16. The van der Waals surface area contributed by atoms with Crippen LogP contribution in [-0.2, 0) is 9.84 Å². The monoisotopic (exact) mass is 393 g/mol. The van der Waals surface area contributed by atoms with E-state index < -0.39 is 9.84 Å². The van der Waals surface area contributed by atoms with Crippen LogP contribution in [0.1, 0.15) is 16.8 Å². The fourth-order valence-electron chi connectivity index (χ4n) is 3.02. The molecule has 1 aromatic heterocycles. The van der Waals surface area contributed by atoms with Crippen molar-refractivity contribution in [2.75, 3.05) is 37.3 Å². The van der Waals surface area contributed by atoms with E-state index in [0.717, 1.165) is 6.42 Å². The highest BCUT2D eigenvalue weighted by Crippen LogP contribution is 2.23. The van der Waals surface area contributed by atoms with Gasteiger partial charge in [-0.25, -0.2) is 13.4 Å². The Kier molecular flexibility index (Phi) is 5.48. The summed E-state index contributed by atoms with van der Waals surface area (Å²) in [7, 11) is -3.37. The Labute approximate surface area is 158 Å². The molecule has 1 saturated heterocycles. The lowest BCUT2D eigenvalue weighted by Gasteiger charge is -2.24. The van der Waals surface area contributed by atoms with E-state index in [1.807, 2.05) is 4.90 Å². The fraction of sp³-hybridized carbons (Fsp3) is 0.333. The maximum absolute atomic E-state index is 12.7. The lowest BCUT2D eigenvalue weighted by molar-refractivity contribution is 0.0767. The second-order valence-electron chi connectivity index (χ2n) is 6.24. The molecule has 0 spiro atoms. The van der Waals surface area contributed by atoms with Gasteiger partial charge in [0.1, 0.15) is 10.7 Å². The molecule has 0 unspecified atom stereocenters. The number of sulfone groups is 1. The molecule has 0 N–H and O–H groups in total. The van der Waals surface area contributed by atoms with E-state index in [-0.39, 0.29) is 10.8 Å². The van der Waals surface area contributed by atoms with E-state index in [2.05, 4.69) is 4.98 Å². The Bertz CT molecular complexity index is 900. The van der Waals surface area contributed by atoms with Gasteiger partial charge in [-0.05, 0) is 42.8 Å². The van der Waals surface area contributed by atoms with Crippen LogP contribution in [0, 0.1) is 0 Å². The van der Waals surface area contributed by atoms with Crippen LogP contribution in [0.25, 0.3) is 0 Å². The first-order chi connectivity index (χ1) is 12.4. The van der Waals surface area contributed by atoms with Gasteiger partial charge in [0.15, 0.2) is 9.84 Å². The summed E-state index contributed by atoms with van der Waals surface area (Å²) in [5, 5.41) is 0.590. The zero-order valence-electron chi connectivity index (χ0n) is 14.4. The summed E-state index contributed by atoms with van der Waals surface area (Å²) in [6, 6.07) is 10.0. The largest absolute Gasteiger partial charge is 0.354 e. The van der Waals surface area contributed by atoms with Crippen molar-refractivity contribution in [3.8, 4) is 0 Å². The number of pyridine rings is 1. The molecular formula is C18H20ClN3O3S. The van der Waals surface area contributed by atoms with Crippen LogP contribution < -0.4 is 4.90 Å². The topological polar surface area (TPSA) is 70.6 Å². The molecule has 0 radical (unpaired) electrons. The number of amides is 1. The van der Waals surface area contributed by atoms with Gasteiger partial charge in [0.25, 0.3) is 5.91 Å². The average Bonchev–Trinajstić information content (AvgIpc) is 2.87. The molecule has 3 rings (SSSR count). The summed E-state index contributed by atoms with van der Waals surface area (Å²) < 4.78 is 24.1. The molecule has 26 heavy (non-hydrogen) atoms. The van der Waals surface area contributed by atoms with Crippen LogP contribution in [0.15, 0.2) is 47.5 Å². The Balaban J connectivity index is 1.77. The van der Waals surface area contributed by atoms with Crippen molar-refractivity contribution >= 4 is 33.2 Å². The molecule has 0 bridgehead atoms. The molecule has 1 aliphatic heterocycles. The minimum atomic E-state index is -3.37. The van der Waals surface area contributed by atoms with E-state index in [1.165, 1.54) is 6.26 Å². The van der Waals surface area contributed by atoms with Crippen molar-refractivity contribution < 1.29 is 13.2 Å². The summed E-state index contributed by atoms with van der Waals surface area (Å²) in [4.78, 5) is 20.9. The number of carbonyl (C=O) groups is 1. The van der Waals surface area contributed by atoms with Gasteiger partial charge in [0, 0.05) is 49.2 Å². The van der Waals surface area contributed by atoms with Gasteiger partial charge >= 0.3 is 0 Å². The first-order valence-electron chi connectivity index (χ1n) is 8.31. The summed E-state index contributed by atoms with van der Waals surface area (Å²) in [5.74, 6) is 0.406. The second-order valence-corrected chi connectivity index (χ2v) is 8.66. The molecule has 8 heteroatoms. The highest BCUT2D eigenvalue weighted by Gasteiger charge is 2.24. The number of hydrogen-bond donors (Lipinski definition) is 0. The molecule has 1 aromatic carbocycles. The lowest BCUT2D eigenvalue weighted by Crippen LogP contribution is -2.35. The molecule has 138 valence electrons. The zero-order chi connectivity index (χ0) is 18.7. The van der Waals surface area contributed by atoms with Crippen LogP contribution in [0.5, 0.6) is 0 Å². The third-order valence-corrected chi connectivity index (χ3v) is 5.69. The minimum absolute atomic E-state index is 0.0483. The van der Waals surface area contributed by atoms with Crippen molar-refractivity contribution in [2.24, 2.45) is 0 Å². The van der Waals surface area contributed by atoms with E-state index in [0.29, 0.717) is 42.6 Å². The third-order valence-electron chi connectivity index (χ3n) is 4.32. The van der Waals surface area contributed by atoms with Crippen LogP contribution in [-0.4, -0.2) is 56.6 Å². The number of rotatable bonds is 3. The molecule has 1 fully saturated rings. The smallest absolute Gasteiger partial charge is 0.253 e. The number of aromatic nitrogens is 1. The lowest BCUT2D eigenvalue weighted by atomic mass is 10.2. The molecule has 2 heterocycles. The normalized spacial score (nSPS) is 15.6. The summed E-state index contributed by atoms with van der Waals surface area (Å²) in [5.41, 5.74) is 0.595. The van der Waals surface area contributed by atoms with Gasteiger partial charge in [-0.1, -0.05) is 11.6 Å². The number of hydrogen-bond acceptors (Lipinski definition) is 5. The SMILES string of the molecule is CS(=O)(=O)c1cccnc1N1CCCN(C(=O)c2ccc(Cl)cc2)CC1. The maximum Gasteiger partial charge on any atom is 0.253 e. The molecule has 1 amide bonds. The van der Waals surface area contributed by atoms with Crippen molar-refractivity contribution in [1.82, 2.24) is 9.88 Å². The highest BCUT2D eigenvalue weighted by molar-refractivity contribution is 7.90. The van der Waals surface area contributed by atoms with Crippen LogP contribution in [0.2, 0.25) is 5.02 Å². The van der Waals surface area contributed by atoms with Crippen LogP contribution in [0.4, 0.5) is 5.82 Å². The number of halogens is 1. The van der Waals surface area contributed by atoms with E-state index in [4.69, 9.17) is 11.6 Å². The van der Waals surface area contributed by atoms with Gasteiger partial charge in [-0.2, -0.15) is 0 Å². The van der Waals surface area contributed by atoms with Crippen LogP contribution >= 0.6 is 11.6 Å². The summed E-state index contributed by atoms with van der Waals surface area (Å²) in [6.45, 7) is 2.28. The van der Waals surface area contributed by atoms with Crippen molar-refractivity contribution in [2.45, 2.75) is 11.3 Å². The Hall–Kier alpha value is -2.12. The second kappa shape index (κ2) is 7.63. The number of anilines is 1. The van der Waals surface area contributed by atoms with Crippen molar-refractivity contribution in [1.29, 1.82) is 0 Å². The van der Waals surface area contributed by atoms with E-state index in [1.54, 1.807) is 47.5 Å². The molecule has 2 aromatic rings. The molecule has 0 saturated carbocycles. The molecule has 1 aliphatic rings. The predicted octanol–water partition coefficient (Wildman–Crippen LogP) is 2.49. The highest BCUT2D eigenvalue weighted by atomic mass is 35.5. The Morgan fingerprint density at radius 1 is 1.08 bits per heavy atom. The minimum Gasteiger partial charge on any atom is -0.354 e. The molecule has 6 nitrogen and oxygen atoms in total. The van der Waals surface area contributed by atoms with Gasteiger partial charge in [-0.15, -0.1) is 0 Å². The number of carbonyl (C=O) groups excluding carboxylic acids is 1. The van der Waals surface area contributed by atoms with Crippen molar-refractivity contribution in [3.05, 3.63) is 53.2 Å². The summed E-state index contributed by atoms with van der Waals surface area (Å²) >= 11 is 5.88. The average molecular weight is 394 g/mol. The quantitative estimate of drug-likeness (QED) is 0.801.